The van der Waals surface area contributed by atoms with Crippen LogP contribution in [-0.2, 0) is 12.3 Å². The molecule has 1 N–H and O–H groups in total. The van der Waals surface area contributed by atoms with Crippen LogP contribution in [0.3, 0.4) is 0 Å². The maximum absolute atomic E-state index is 5.76. The second-order valence-corrected chi connectivity index (χ2v) is 5.76. The molecule has 0 spiro atoms. The van der Waals surface area contributed by atoms with Crippen molar-refractivity contribution in [2.75, 3.05) is 25.9 Å². The number of nitrogens with zero attached hydrogens (tertiary/aromatic N) is 1. The molecule has 2 rings (SSSR count). The molecule has 1 saturated heterocycles. The van der Waals surface area contributed by atoms with Crippen LogP contribution in [0.15, 0.2) is 16.5 Å². The van der Waals surface area contributed by atoms with Crippen LogP contribution in [0.25, 0.3) is 0 Å². The summed E-state index contributed by atoms with van der Waals surface area (Å²) in [7, 11) is 0. The normalized spacial score (nSPS) is 18.3. The van der Waals surface area contributed by atoms with Crippen molar-refractivity contribution < 1.29 is 4.42 Å². The lowest BCUT2D eigenvalue weighted by atomic mass is 10.1. The van der Waals surface area contributed by atoms with Gasteiger partial charge in [-0.25, -0.2) is 0 Å². The standard InChI is InChI=1S/C14H24N2OS/c1-3-16-8-6-12(7-9-16)15-10-13-4-5-14(17-13)11-18-2/h4-5,12,15H,3,6-11H2,1-2H3. The van der Waals surface area contributed by atoms with E-state index in [0.29, 0.717) is 6.04 Å². The monoisotopic (exact) mass is 268 g/mol. The van der Waals surface area contributed by atoms with Crippen molar-refractivity contribution in [3.8, 4) is 0 Å². The molecule has 0 bridgehead atoms. The molecule has 0 aliphatic carbocycles. The molecule has 0 radical (unpaired) electrons. The van der Waals surface area contributed by atoms with Crippen molar-refractivity contribution in [2.45, 2.75) is 38.1 Å². The molecule has 0 aromatic carbocycles. The molecule has 1 aliphatic heterocycles. The average molecular weight is 268 g/mol. The van der Waals surface area contributed by atoms with E-state index >= 15 is 0 Å². The Bertz CT molecular complexity index is 345. The third kappa shape index (κ3) is 4.04. The summed E-state index contributed by atoms with van der Waals surface area (Å²) >= 11 is 1.80. The van der Waals surface area contributed by atoms with Gasteiger partial charge in [0.2, 0.25) is 0 Å². The van der Waals surface area contributed by atoms with E-state index in [4.69, 9.17) is 4.42 Å². The van der Waals surface area contributed by atoms with Crippen LogP contribution in [-0.4, -0.2) is 36.8 Å². The molecule has 102 valence electrons. The Balaban J connectivity index is 1.71. The molecule has 1 aromatic rings. The fourth-order valence-electron chi connectivity index (χ4n) is 2.44. The zero-order valence-corrected chi connectivity index (χ0v) is 12.3. The lowest BCUT2D eigenvalue weighted by molar-refractivity contribution is 0.204. The zero-order valence-electron chi connectivity index (χ0n) is 11.4. The smallest absolute Gasteiger partial charge is 0.118 e. The number of thioether (sulfide) groups is 1. The van der Waals surface area contributed by atoms with Gasteiger partial charge in [-0.05, 0) is 50.9 Å². The van der Waals surface area contributed by atoms with Crippen molar-refractivity contribution in [3.05, 3.63) is 23.7 Å². The highest BCUT2D eigenvalue weighted by molar-refractivity contribution is 7.97. The molecular weight excluding hydrogens is 244 g/mol. The van der Waals surface area contributed by atoms with Crippen molar-refractivity contribution in [3.63, 3.8) is 0 Å². The predicted molar refractivity (Wildman–Crippen MR) is 77.9 cm³/mol. The Hall–Kier alpha value is -0.450. The minimum absolute atomic E-state index is 0.655. The molecule has 18 heavy (non-hydrogen) atoms. The van der Waals surface area contributed by atoms with Crippen LogP contribution in [0.1, 0.15) is 31.3 Å². The van der Waals surface area contributed by atoms with E-state index in [-0.39, 0.29) is 0 Å². The van der Waals surface area contributed by atoms with Crippen LogP contribution in [0.2, 0.25) is 0 Å². The van der Waals surface area contributed by atoms with Gasteiger partial charge < -0.3 is 14.6 Å². The average Bonchev–Trinajstić information content (AvgIpc) is 2.85. The molecule has 1 aliphatic rings. The van der Waals surface area contributed by atoms with Crippen LogP contribution < -0.4 is 5.32 Å². The summed E-state index contributed by atoms with van der Waals surface area (Å²) in [6.07, 6.45) is 4.61. The highest BCUT2D eigenvalue weighted by Crippen LogP contribution is 2.15. The fourth-order valence-corrected chi connectivity index (χ4v) is 2.88. The first kappa shape index (κ1) is 14.0. The Morgan fingerprint density at radius 2 is 2.06 bits per heavy atom. The SMILES string of the molecule is CCN1CCC(NCc2ccc(CSC)o2)CC1. The summed E-state index contributed by atoms with van der Waals surface area (Å²) in [5, 5.41) is 3.61. The van der Waals surface area contributed by atoms with Crippen molar-refractivity contribution in [1.29, 1.82) is 0 Å². The summed E-state index contributed by atoms with van der Waals surface area (Å²) < 4.78 is 5.76. The second kappa shape index (κ2) is 7.22. The van der Waals surface area contributed by atoms with Crippen LogP contribution >= 0.6 is 11.8 Å². The predicted octanol–water partition coefficient (Wildman–Crippen LogP) is 2.72. The molecule has 0 atom stereocenters. The van der Waals surface area contributed by atoms with E-state index in [1.54, 1.807) is 11.8 Å². The Morgan fingerprint density at radius 3 is 2.72 bits per heavy atom. The van der Waals surface area contributed by atoms with Crippen molar-refractivity contribution in [2.24, 2.45) is 0 Å². The molecule has 0 saturated carbocycles. The van der Waals surface area contributed by atoms with Crippen LogP contribution in [0, 0.1) is 0 Å². The van der Waals surface area contributed by atoms with E-state index in [9.17, 15) is 0 Å². The van der Waals surface area contributed by atoms with Crippen molar-refractivity contribution in [1.82, 2.24) is 10.2 Å². The van der Waals surface area contributed by atoms with Gasteiger partial charge in [0.05, 0.1) is 12.3 Å². The second-order valence-electron chi connectivity index (χ2n) is 4.89. The lowest BCUT2D eigenvalue weighted by Gasteiger charge is -2.31. The van der Waals surface area contributed by atoms with E-state index in [2.05, 4.69) is 35.5 Å². The van der Waals surface area contributed by atoms with Gasteiger partial charge in [-0.1, -0.05) is 6.92 Å². The Kier molecular flexibility index (Phi) is 5.60. The van der Waals surface area contributed by atoms with Gasteiger partial charge in [-0.2, -0.15) is 11.8 Å². The maximum Gasteiger partial charge on any atom is 0.118 e. The van der Waals surface area contributed by atoms with E-state index in [1.807, 2.05) is 0 Å². The summed E-state index contributed by atoms with van der Waals surface area (Å²) in [4.78, 5) is 2.52. The first-order valence-electron chi connectivity index (χ1n) is 6.84. The van der Waals surface area contributed by atoms with Crippen LogP contribution in [0.5, 0.6) is 0 Å². The third-order valence-corrected chi connectivity index (χ3v) is 4.18. The Labute approximate surface area is 114 Å². The highest BCUT2D eigenvalue weighted by Gasteiger charge is 2.17. The molecule has 0 unspecified atom stereocenters. The quantitative estimate of drug-likeness (QED) is 0.859. The molecule has 2 heterocycles. The van der Waals surface area contributed by atoms with E-state index in [1.165, 1.54) is 32.5 Å². The molecule has 1 fully saturated rings. The molecule has 3 nitrogen and oxygen atoms in total. The zero-order chi connectivity index (χ0) is 12.8. The topological polar surface area (TPSA) is 28.4 Å². The maximum atomic E-state index is 5.76. The van der Waals surface area contributed by atoms with Crippen molar-refractivity contribution >= 4 is 11.8 Å². The van der Waals surface area contributed by atoms with E-state index < -0.39 is 0 Å². The van der Waals surface area contributed by atoms with Crippen LogP contribution in [0.4, 0.5) is 0 Å². The first-order chi connectivity index (χ1) is 8.81. The fraction of sp³-hybridized carbons (Fsp3) is 0.714. The number of hydrogen-bond donors (Lipinski definition) is 1. The molecule has 0 amide bonds. The number of rotatable bonds is 6. The summed E-state index contributed by atoms with van der Waals surface area (Å²) in [6.45, 7) is 6.74. The number of nitrogens with one attached hydrogen (secondary N) is 1. The van der Waals surface area contributed by atoms with Gasteiger partial charge in [0.25, 0.3) is 0 Å². The minimum atomic E-state index is 0.655. The van der Waals surface area contributed by atoms with Gasteiger partial charge in [0, 0.05) is 6.04 Å². The first-order valence-corrected chi connectivity index (χ1v) is 8.23. The van der Waals surface area contributed by atoms with Gasteiger partial charge in [-0.15, -0.1) is 0 Å². The number of piperidine rings is 1. The summed E-state index contributed by atoms with van der Waals surface area (Å²) in [5.41, 5.74) is 0. The summed E-state index contributed by atoms with van der Waals surface area (Å²) in [6, 6.07) is 4.84. The number of likely N-dealkylation sites (tertiary alicyclic amines) is 1. The van der Waals surface area contributed by atoms with E-state index in [0.717, 1.165) is 23.8 Å². The molecule has 4 heteroatoms. The largest absolute Gasteiger partial charge is 0.464 e. The third-order valence-electron chi connectivity index (χ3n) is 3.60. The number of furan rings is 1. The molecular formula is C14H24N2OS. The van der Waals surface area contributed by atoms with Gasteiger partial charge in [-0.3, -0.25) is 0 Å². The summed E-state index contributed by atoms with van der Waals surface area (Å²) in [5.74, 6) is 3.12. The number of hydrogen-bond acceptors (Lipinski definition) is 4. The van der Waals surface area contributed by atoms with Gasteiger partial charge in [0.15, 0.2) is 0 Å². The molecule has 1 aromatic heterocycles. The lowest BCUT2D eigenvalue weighted by Crippen LogP contribution is -2.42. The highest BCUT2D eigenvalue weighted by atomic mass is 32.2. The Morgan fingerprint density at radius 1 is 1.33 bits per heavy atom. The van der Waals surface area contributed by atoms with Gasteiger partial charge in [0.1, 0.15) is 11.5 Å². The van der Waals surface area contributed by atoms with Gasteiger partial charge >= 0.3 is 0 Å². The minimum Gasteiger partial charge on any atom is -0.464 e.